The zero-order valence-electron chi connectivity index (χ0n) is 14.4. The lowest BCUT2D eigenvalue weighted by Crippen LogP contribution is -2.46. The summed E-state index contributed by atoms with van der Waals surface area (Å²) in [6.45, 7) is -0.289. The number of aliphatic carboxylic acids is 1. The summed E-state index contributed by atoms with van der Waals surface area (Å²) in [6, 6.07) is 15.4. The van der Waals surface area contributed by atoms with Crippen molar-refractivity contribution >= 4 is 40.6 Å². The molecular formula is C19H19IN2O5. The number of hydrogen-bond acceptors (Lipinski definition) is 4. The second-order valence-electron chi connectivity index (χ2n) is 5.70. The lowest BCUT2D eigenvalue weighted by molar-refractivity contribution is -0.141. The number of hydrogen-bond donors (Lipinski definition) is 3. The van der Waals surface area contributed by atoms with Crippen molar-refractivity contribution in [1.29, 1.82) is 0 Å². The minimum absolute atomic E-state index is 0.0822. The van der Waals surface area contributed by atoms with Gasteiger partial charge < -0.3 is 20.5 Å². The Morgan fingerprint density at radius 2 is 1.67 bits per heavy atom. The Hall–Kier alpha value is -2.62. The van der Waals surface area contributed by atoms with E-state index in [1.165, 1.54) is 0 Å². The summed E-state index contributed by atoms with van der Waals surface area (Å²) in [6.07, 6.45) is -0.602. The highest BCUT2D eigenvalue weighted by Gasteiger charge is 2.20. The van der Waals surface area contributed by atoms with Gasteiger partial charge in [0.25, 0.3) is 0 Å². The molecule has 2 aromatic rings. The van der Waals surface area contributed by atoms with Crippen LogP contribution in [0.3, 0.4) is 0 Å². The van der Waals surface area contributed by atoms with Crippen molar-refractivity contribution in [1.82, 2.24) is 10.6 Å². The van der Waals surface area contributed by atoms with Crippen molar-refractivity contribution in [2.24, 2.45) is 0 Å². The summed E-state index contributed by atoms with van der Waals surface area (Å²) in [7, 11) is 0. The summed E-state index contributed by atoms with van der Waals surface area (Å²) < 4.78 is 6.02. The standard InChI is InChI=1S/C19H19IN2O5/c20-15-8-6-13(7-9-15)10-16(18(24)25)22-17(23)11-21-19(26)27-12-14-4-2-1-3-5-14/h1-9,16H,10-12H2,(H,21,26)(H,22,23)(H,24,25)/t16-/m1/s1. The summed E-state index contributed by atoms with van der Waals surface area (Å²) >= 11 is 2.15. The van der Waals surface area contributed by atoms with E-state index in [1.54, 1.807) is 0 Å². The van der Waals surface area contributed by atoms with E-state index in [-0.39, 0.29) is 19.6 Å². The van der Waals surface area contributed by atoms with Crippen LogP contribution >= 0.6 is 22.6 Å². The number of alkyl carbamates (subject to hydrolysis) is 1. The highest BCUT2D eigenvalue weighted by molar-refractivity contribution is 14.1. The third-order valence-corrected chi connectivity index (χ3v) is 4.31. The number of carbonyl (C=O) groups excluding carboxylic acids is 2. The Labute approximate surface area is 170 Å². The number of carboxylic acid groups (broad SMARTS) is 1. The van der Waals surface area contributed by atoms with E-state index in [1.807, 2.05) is 54.6 Å². The number of amides is 2. The van der Waals surface area contributed by atoms with Gasteiger partial charge in [-0.1, -0.05) is 42.5 Å². The van der Waals surface area contributed by atoms with Crippen molar-refractivity contribution in [3.05, 3.63) is 69.3 Å². The maximum atomic E-state index is 11.9. The lowest BCUT2D eigenvalue weighted by atomic mass is 10.1. The Morgan fingerprint density at radius 3 is 2.30 bits per heavy atom. The van der Waals surface area contributed by atoms with E-state index in [2.05, 4.69) is 33.2 Å². The van der Waals surface area contributed by atoms with E-state index < -0.39 is 24.0 Å². The largest absolute Gasteiger partial charge is 0.480 e. The molecule has 0 aliphatic heterocycles. The molecule has 142 valence electrons. The normalized spacial score (nSPS) is 11.3. The van der Waals surface area contributed by atoms with Gasteiger partial charge in [0, 0.05) is 9.99 Å². The maximum Gasteiger partial charge on any atom is 0.407 e. The predicted octanol–water partition coefficient (Wildman–Crippen LogP) is 2.33. The fourth-order valence-electron chi connectivity index (χ4n) is 2.23. The topological polar surface area (TPSA) is 105 Å². The van der Waals surface area contributed by atoms with E-state index in [4.69, 9.17) is 4.74 Å². The predicted molar refractivity (Wildman–Crippen MR) is 107 cm³/mol. The number of benzene rings is 2. The molecule has 2 amide bonds. The molecule has 0 saturated carbocycles. The first-order chi connectivity index (χ1) is 12.9. The van der Waals surface area contributed by atoms with Gasteiger partial charge >= 0.3 is 12.1 Å². The Kier molecular flexibility index (Phi) is 8.05. The monoisotopic (exact) mass is 482 g/mol. The van der Waals surface area contributed by atoms with Gasteiger partial charge in [-0.05, 0) is 45.9 Å². The van der Waals surface area contributed by atoms with Gasteiger partial charge in [0.2, 0.25) is 5.91 Å². The minimum Gasteiger partial charge on any atom is -0.480 e. The number of carboxylic acids is 1. The van der Waals surface area contributed by atoms with Crippen LogP contribution in [0, 0.1) is 3.57 Å². The van der Waals surface area contributed by atoms with Gasteiger partial charge in [0.05, 0.1) is 0 Å². The first kappa shape index (κ1) is 20.7. The zero-order valence-corrected chi connectivity index (χ0v) is 16.5. The summed E-state index contributed by atoms with van der Waals surface area (Å²) in [5, 5.41) is 14.0. The Bertz CT molecular complexity index is 780. The summed E-state index contributed by atoms with van der Waals surface area (Å²) in [5.74, 6) is -1.75. The van der Waals surface area contributed by atoms with Gasteiger partial charge in [-0.25, -0.2) is 9.59 Å². The van der Waals surface area contributed by atoms with Crippen molar-refractivity contribution in [3.8, 4) is 0 Å². The average molecular weight is 482 g/mol. The molecule has 8 heteroatoms. The van der Waals surface area contributed by atoms with Crippen LogP contribution in [0.15, 0.2) is 54.6 Å². The lowest BCUT2D eigenvalue weighted by Gasteiger charge is -2.15. The quantitative estimate of drug-likeness (QED) is 0.502. The number of nitrogens with one attached hydrogen (secondary N) is 2. The van der Waals surface area contributed by atoms with Crippen LogP contribution in [0.2, 0.25) is 0 Å². The van der Waals surface area contributed by atoms with Crippen LogP contribution in [0.1, 0.15) is 11.1 Å². The molecule has 0 aliphatic rings. The fraction of sp³-hybridized carbons (Fsp3) is 0.211. The molecule has 0 heterocycles. The van der Waals surface area contributed by atoms with Gasteiger partial charge in [-0.3, -0.25) is 4.79 Å². The highest BCUT2D eigenvalue weighted by Crippen LogP contribution is 2.09. The highest BCUT2D eigenvalue weighted by atomic mass is 127. The SMILES string of the molecule is O=C(CNC(=O)OCc1ccccc1)N[C@H](Cc1ccc(I)cc1)C(=O)O. The van der Waals surface area contributed by atoms with Crippen LogP contribution in [-0.4, -0.2) is 35.7 Å². The first-order valence-electron chi connectivity index (χ1n) is 8.15. The van der Waals surface area contributed by atoms with Crippen molar-refractivity contribution in [2.45, 2.75) is 19.1 Å². The Balaban J connectivity index is 1.77. The summed E-state index contributed by atoms with van der Waals surface area (Å²) in [5.41, 5.74) is 1.61. The minimum atomic E-state index is -1.14. The molecule has 0 unspecified atom stereocenters. The molecule has 0 saturated heterocycles. The molecule has 0 aliphatic carbocycles. The Morgan fingerprint density at radius 1 is 1.00 bits per heavy atom. The van der Waals surface area contributed by atoms with Crippen molar-refractivity contribution in [2.75, 3.05) is 6.54 Å². The molecule has 2 aromatic carbocycles. The smallest absolute Gasteiger partial charge is 0.407 e. The van der Waals surface area contributed by atoms with E-state index in [9.17, 15) is 19.5 Å². The average Bonchev–Trinajstić information content (AvgIpc) is 2.66. The maximum absolute atomic E-state index is 11.9. The molecule has 0 radical (unpaired) electrons. The molecule has 0 fully saturated rings. The number of carbonyl (C=O) groups is 3. The second kappa shape index (κ2) is 10.5. The van der Waals surface area contributed by atoms with Crippen molar-refractivity contribution in [3.63, 3.8) is 0 Å². The molecule has 7 nitrogen and oxygen atoms in total. The van der Waals surface area contributed by atoms with Gasteiger partial charge in [-0.2, -0.15) is 0 Å². The molecule has 1 atom stereocenters. The third kappa shape index (κ3) is 7.65. The first-order valence-corrected chi connectivity index (χ1v) is 9.23. The van der Waals surface area contributed by atoms with Crippen LogP contribution in [-0.2, 0) is 27.4 Å². The molecule has 0 bridgehead atoms. The molecule has 27 heavy (non-hydrogen) atoms. The van der Waals surface area contributed by atoms with Gasteiger partial charge in [-0.15, -0.1) is 0 Å². The van der Waals surface area contributed by atoms with Gasteiger partial charge in [0.1, 0.15) is 19.2 Å². The zero-order chi connectivity index (χ0) is 19.6. The molecule has 3 N–H and O–H groups in total. The summed E-state index contributed by atoms with van der Waals surface area (Å²) in [4.78, 5) is 34.9. The van der Waals surface area contributed by atoms with E-state index >= 15 is 0 Å². The van der Waals surface area contributed by atoms with Crippen LogP contribution < -0.4 is 10.6 Å². The van der Waals surface area contributed by atoms with Crippen LogP contribution in [0.5, 0.6) is 0 Å². The van der Waals surface area contributed by atoms with Crippen LogP contribution in [0.4, 0.5) is 4.79 Å². The molecular weight excluding hydrogens is 463 g/mol. The number of rotatable bonds is 8. The van der Waals surface area contributed by atoms with Crippen LogP contribution in [0.25, 0.3) is 0 Å². The molecule has 2 rings (SSSR count). The second-order valence-corrected chi connectivity index (χ2v) is 6.95. The molecule has 0 spiro atoms. The molecule has 0 aromatic heterocycles. The van der Waals surface area contributed by atoms with E-state index in [0.29, 0.717) is 0 Å². The van der Waals surface area contributed by atoms with Crippen molar-refractivity contribution < 1.29 is 24.2 Å². The fourth-order valence-corrected chi connectivity index (χ4v) is 2.59. The third-order valence-electron chi connectivity index (χ3n) is 3.59. The van der Waals surface area contributed by atoms with E-state index in [0.717, 1.165) is 14.7 Å². The van der Waals surface area contributed by atoms with Gasteiger partial charge in [0.15, 0.2) is 0 Å². The number of halogens is 1. The number of ether oxygens (including phenoxy) is 1.